The number of carbonyl (C=O) groups excluding carboxylic acids is 1. The molecule has 0 saturated heterocycles. The minimum Gasteiger partial charge on any atom is -0.486 e. The summed E-state index contributed by atoms with van der Waals surface area (Å²) < 4.78 is 5.75. The Morgan fingerprint density at radius 1 is 1.15 bits per heavy atom. The highest BCUT2D eigenvalue weighted by atomic mass is 32.1. The quantitative estimate of drug-likeness (QED) is 0.596. The van der Waals surface area contributed by atoms with Crippen LogP contribution in [-0.4, -0.2) is 22.8 Å². The normalized spacial score (nSPS) is 10.7. The van der Waals surface area contributed by atoms with Gasteiger partial charge >= 0.3 is 0 Å². The van der Waals surface area contributed by atoms with Crippen LogP contribution in [0, 0.1) is 13.8 Å². The molecule has 0 spiro atoms. The number of amides is 1. The number of aryl methyl sites for hydroxylation is 2. The molecule has 0 aliphatic carbocycles. The Balaban J connectivity index is 1.51. The van der Waals surface area contributed by atoms with Gasteiger partial charge in [-0.1, -0.05) is 17.7 Å². The number of hydrogen-bond donors (Lipinski definition) is 0. The number of aromatic nitrogens is 1. The van der Waals surface area contributed by atoms with Crippen molar-refractivity contribution >= 4 is 28.6 Å². The molecule has 0 saturated carbocycles. The molecule has 0 aliphatic heterocycles. The molecule has 0 radical (unpaired) electrons. The van der Waals surface area contributed by atoms with Crippen molar-refractivity contribution in [2.45, 2.75) is 33.4 Å². The van der Waals surface area contributed by atoms with Gasteiger partial charge in [0.25, 0.3) is 0 Å². The van der Waals surface area contributed by atoms with Gasteiger partial charge in [0.2, 0.25) is 5.91 Å². The van der Waals surface area contributed by atoms with Crippen LogP contribution in [0.15, 0.2) is 41.1 Å². The third kappa shape index (κ3) is 4.93. The van der Waals surface area contributed by atoms with Gasteiger partial charge in [-0.05, 0) is 43.0 Å². The van der Waals surface area contributed by atoms with Crippen LogP contribution >= 0.6 is 22.7 Å². The predicted molar refractivity (Wildman–Crippen MR) is 107 cm³/mol. The second-order valence-corrected chi connectivity index (χ2v) is 8.23. The van der Waals surface area contributed by atoms with E-state index in [1.54, 1.807) is 16.2 Å². The molecule has 0 atom stereocenters. The number of benzene rings is 1. The molecule has 1 aromatic carbocycles. The van der Waals surface area contributed by atoms with Gasteiger partial charge in [-0.15, -0.1) is 22.7 Å². The number of carbonyl (C=O) groups is 1. The van der Waals surface area contributed by atoms with Crippen molar-refractivity contribution in [1.29, 1.82) is 0 Å². The van der Waals surface area contributed by atoms with Crippen LogP contribution in [0.4, 0.5) is 0 Å². The van der Waals surface area contributed by atoms with Gasteiger partial charge in [-0.25, -0.2) is 4.98 Å². The summed E-state index contributed by atoms with van der Waals surface area (Å²) >= 11 is 3.22. The molecule has 4 nitrogen and oxygen atoms in total. The van der Waals surface area contributed by atoms with Gasteiger partial charge in [0.15, 0.2) is 0 Å². The van der Waals surface area contributed by atoms with Gasteiger partial charge in [0.05, 0.1) is 18.7 Å². The van der Waals surface area contributed by atoms with Gasteiger partial charge in [0.1, 0.15) is 17.4 Å². The average Bonchev–Trinajstić information content (AvgIpc) is 3.23. The lowest BCUT2D eigenvalue weighted by atomic mass is 10.2. The monoisotopic (exact) mass is 386 g/mol. The third-order valence-electron chi connectivity index (χ3n) is 4.09. The number of hydrogen-bond acceptors (Lipinski definition) is 5. The fraction of sp³-hybridized carbons (Fsp3) is 0.300. The van der Waals surface area contributed by atoms with E-state index in [1.165, 1.54) is 27.3 Å². The van der Waals surface area contributed by atoms with Crippen molar-refractivity contribution in [3.05, 3.63) is 67.8 Å². The molecular weight excluding hydrogens is 364 g/mol. The lowest BCUT2D eigenvalue weighted by Crippen LogP contribution is -2.27. The maximum Gasteiger partial charge on any atom is 0.228 e. The smallest absolute Gasteiger partial charge is 0.228 e. The number of likely N-dealkylation sites (N-methyl/N-ethyl adjacent to an activating group) is 1. The molecule has 0 aliphatic rings. The Labute approximate surface area is 162 Å². The van der Waals surface area contributed by atoms with E-state index >= 15 is 0 Å². The maximum atomic E-state index is 12.4. The van der Waals surface area contributed by atoms with E-state index in [-0.39, 0.29) is 5.91 Å². The molecule has 2 heterocycles. The number of rotatable bonds is 7. The van der Waals surface area contributed by atoms with Crippen molar-refractivity contribution in [3.8, 4) is 5.75 Å². The lowest BCUT2D eigenvalue weighted by Gasteiger charge is -2.16. The molecule has 2 aromatic heterocycles. The van der Waals surface area contributed by atoms with Gasteiger partial charge < -0.3 is 9.64 Å². The first-order valence-corrected chi connectivity index (χ1v) is 10.2. The Bertz CT molecular complexity index is 868. The zero-order valence-electron chi connectivity index (χ0n) is 15.2. The minimum atomic E-state index is 0.0779. The van der Waals surface area contributed by atoms with E-state index in [0.717, 1.165) is 16.5 Å². The third-order valence-corrected chi connectivity index (χ3v) is 5.97. The molecule has 136 valence electrons. The van der Waals surface area contributed by atoms with Crippen LogP contribution in [0.5, 0.6) is 5.75 Å². The first-order valence-electron chi connectivity index (χ1n) is 8.41. The van der Waals surface area contributed by atoms with Crippen LogP contribution in [-0.2, 0) is 24.4 Å². The highest BCUT2D eigenvalue weighted by Crippen LogP contribution is 2.19. The van der Waals surface area contributed by atoms with Crippen LogP contribution < -0.4 is 4.74 Å². The van der Waals surface area contributed by atoms with Crippen molar-refractivity contribution in [2.24, 2.45) is 0 Å². The Hall–Kier alpha value is -2.18. The molecule has 0 unspecified atom stereocenters. The highest BCUT2D eigenvalue weighted by Gasteiger charge is 2.14. The second kappa shape index (κ2) is 8.47. The molecule has 3 rings (SSSR count). The van der Waals surface area contributed by atoms with Crippen LogP contribution in [0.3, 0.4) is 0 Å². The largest absolute Gasteiger partial charge is 0.486 e. The van der Waals surface area contributed by atoms with E-state index in [2.05, 4.69) is 23.4 Å². The molecule has 0 bridgehead atoms. The summed E-state index contributed by atoms with van der Waals surface area (Å²) in [5, 5.41) is 4.88. The molecule has 0 fully saturated rings. The minimum absolute atomic E-state index is 0.0779. The standard InChI is InChI=1S/C20H22N2O2S2/c1-14-4-6-17(7-5-14)24-12-19-21-16(13-26-19)10-20(23)22(3)11-18-15(2)8-9-25-18/h4-9,13H,10-12H2,1-3H3. The number of thiazole rings is 1. The first kappa shape index (κ1) is 18.6. The summed E-state index contributed by atoms with van der Waals surface area (Å²) in [6.45, 7) is 5.19. The van der Waals surface area contributed by atoms with Gasteiger partial charge in [0, 0.05) is 17.3 Å². The Morgan fingerprint density at radius 3 is 2.62 bits per heavy atom. The zero-order chi connectivity index (χ0) is 18.5. The SMILES string of the molecule is Cc1ccc(OCc2nc(CC(=O)N(C)Cc3sccc3C)cs2)cc1. The van der Waals surface area contributed by atoms with E-state index in [1.807, 2.05) is 43.6 Å². The molecule has 6 heteroatoms. The summed E-state index contributed by atoms with van der Waals surface area (Å²) in [5.41, 5.74) is 3.24. The number of thiophene rings is 1. The molecule has 1 amide bonds. The van der Waals surface area contributed by atoms with Crippen LogP contribution in [0.25, 0.3) is 0 Å². The van der Waals surface area contributed by atoms with Crippen LogP contribution in [0.1, 0.15) is 26.7 Å². The topological polar surface area (TPSA) is 42.4 Å². The summed E-state index contributed by atoms with van der Waals surface area (Å²) in [6.07, 6.45) is 0.321. The summed E-state index contributed by atoms with van der Waals surface area (Å²) in [5.74, 6) is 0.906. The molecular formula is C20H22N2O2S2. The zero-order valence-corrected chi connectivity index (χ0v) is 16.8. The average molecular weight is 387 g/mol. The second-order valence-electron chi connectivity index (χ2n) is 6.29. The summed E-state index contributed by atoms with van der Waals surface area (Å²) in [7, 11) is 1.84. The Morgan fingerprint density at radius 2 is 1.92 bits per heavy atom. The first-order chi connectivity index (χ1) is 12.5. The molecule has 26 heavy (non-hydrogen) atoms. The van der Waals surface area contributed by atoms with Crippen molar-refractivity contribution in [3.63, 3.8) is 0 Å². The maximum absolute atomic E-state index is 12.4. The van der Waals surface area contributed by atoms with E-state index in [9.17, 15) is 4.79 Å². The van der Waals surface area contributed by atoms with E-state index in [0.29, 0.717) is 19.6 Å². The molecule has 3 aromatic rings. The highest BCUT2D eigenvalue weighted by molar-refractivity contribution is 7.10. The van der Waals surface area contributed by atoms with Gasteiger partial charge in [-0.2, -0.15) is 0 Å². The predicted octanol–water partition coefficient (Wildman–Crippen LogP) is 4.60. The Kier molecular flexibility index (Phi) is 6.06. The number of nitrogens with zero attached hydrogens (tertiary/aromatic N) is 2. The van der Waals surface area contributed by atoms with Crippen molar-refractivity contribution in [1.82, 2.24) is 9.88 Å². The van der Waals surface area contributed by atoms with Crippen molar-refractivity contribution < 1.29 is 9.53 Å². The summed E-state index contributed by atoms with van der Waals surface area (Å²) in [4.78, 5) is 20.0. The van der Waals surface area contributed by atoms with E-state index < -0.39 is 0 Å². The lowest BCUT2D eigenvalue weighted by molar-refractivity contribution is -0.129. The fourth-order valence-corrected chi connectivity index (χ4v) is 4.10. The summed E-state index contributed by atoms with van der Waals surface area (Å²) in [6, 6.07) is 10.0. The van der Waals surface area contributed by atoms with E-state index in [4.69, 9.17) is 4.74 Å². The van der Waals surface area contributed by atoms with Crippen LogP contribution in [0.2, 0.25) is 0 Å². The van der Waals surface area contributed by atoms with Gasteiger partial charge in [-0.3, -0.25) is 4.79 Å². The van der Waals surface area contributed by atoms with Crippen molar-refractivity contribution in [2.75, 3.05) is 7.05 Å². The number of ether oxygens (including phenoxy) is 1. The fourth-order valence-electron chi connectivity index (χ4n) is 2.44. The molecule has 0 N–H and O–H groups in total.